The van der Waals surface area contributed by atoms with Crippen molar-refractivity contribution >= 4 is 62.8 Å². The van der Waals surface area contributed by atoms with Crippen LogP contribution in [0.2, 0.25) is 10.0 Å². The minimum atomic E-state index is -0.385. The van der Waals surface area contributed by atoms with Crippen LogP contribution in [-0.4, -0.2) is 18.0 Å². The molecule has 0 aliphatic carbocycles. The molecule has 0 bridgehead atoms. The highest BCUT2D eigenvalue weighted by Crippen LogP contribution is 2.22. The van der Waals surface area contributed by atoms with Crippen LogP contribution >= 0.6 is 39.1 Å². The molecule has 2 amide bonds. The molecule has 0 spiro atoms. The number of amides is 2. The number of rotatable bonds is 6. The predicted octanol–water partition coefficient (Wildman–Crippen LogP) is 4.62. The summed E-state index contributed by atoms with van der Waals surface area (Å²) < 4.78 is 0.857. The fourth-order valence-electron chi connectivity index (χ4n) is 1.88. The monoisotopic (exact) mass is 441 g/mol. The molecule has 25 heavy (non-hydrogen) atoms. The van der Waals surface area contributed by atoms with Crippen LogP contribution < -0.4 is 10.7 Å². The van der Waals surface area contributed by atoms with Crippen molar-refractivity contribution in [2.24, 2.45) is 5.10 Å². The molecule has 2 N–H and O–H groups in total. The van der Waals surface area contributed by atoms with E-state index >= 15 is 0 Å². The number of carbonyl (C=O) groups excluding carboxylic acids is 2. The Bertz CT molecular complexity index is 792. The van der Waals surface area contributed by atoms with E-state index < -0.39 is 0 Å². The predicted molar refractivity (Wildman–Crippen MR) is 104 cm³/mol. The molecular formula is C17H14BrCl2N3O2. The standard InChI is InChI=1S/C17H14BrCl2N3O2/c18-11-3-1-4-12(9-11)22-16(24)7-8-17(25)23-21-10-13-14(19)5-2-6-15(13)20/h1-6,9-10H,7-8H2,(H,22,24)(H,23,25)/b21-10+. The number of benzene rings is 2. The van der Waals surface area contributed by atoms with E-state index in [2.05, 4.69) is 31.8 Å². The van der Waals surface area contributed by atoms with E-state index in [9.17, 15) is 9.59 Å². The van der Waals surface area contributed by atoms with Gasteiger partial charge >= 0.3 is 0 Å². The van der Waals surface area contributed by atoms with Crippen molar-refractivity contribution in [1.82, 2.24) is 5.43 Å². The van der Waals surface area contributed by atoms with Gasteiger partial charge in [-0.05, 0) is 30.3 Å². The maximum absolute atomic E-state index is 11.8. The normalized spacial score (nSPS) is 10.7. The fraction of sp³-hybridized carbons (Fsp3) is 0.118. The Morgan fingerprint density at radius 3 is 2.36 bits per heavy atom. The lowest BCUT2D eigenvalue weighted by Crippen LogP contribution is -2.20. The van der Waals surface area contributed by atoms with Gasteiger partial charge in [0.15, 0.2) is 0 Å². The van der Waals surface area contributed by atoms with Gasteiger partial charge in [0.1, 0.15) is 0 Å². The summed E-state index contributed by atoms with van der Waals surface area (Å²) in [6.07, 6.45) is 1.41. The molecule has 0 aromatic heterocycles. The zero-order chi connectivity index (χ0) is 18.2. The van der Waals surface area contributed by atoms with Crippen LogP contribution in [0.3, 0.4) is 0 Å². The summed E-state index contributed by atoms with van der Waals surface area (Å²) in [6, 6.07) is 12.2. The van der Waals surface area contributed by atoms with Crippen LogP contribution in [0.4, 0.5) is 5.69 Å². The zero-order valence-corrected chi connectivity index (χ0v) is 16.0. The Labute approximate surface area is 163 Å². The maximum Gasteiger partial charge on any atom is 0.240 e. The largest absolute Gasteiger partial charge is 0.326 e. The number of hydrogen-bond donors (Lipinski definition) is 2. The van der Waals surface area contributed by atoms with E-state index in [-0.39, 0.29) is 24.7 Å². The van der Waals surface area contributed by atoms with Gasteiger partial charge in [0.05, 0.1) is 16.3 Å². The van der Waals surface area contributed by atoms with Crippen molar-refractivity contribution < 1.29 is 9.59 Å². The van der Waals surface area contributed by atoms with E-state index in [1.165, 1.54) is 6.21 Å². The van der Waals surface area contributed by atoms with Crippen LogP contribution in [0.1, 0.15) is 18.4 Å². The molecule has 0 saturated carbocycles. The van der Waals surface area contributed by atoms with Gasteiger partial charge in [0.25, 0.3) is 0 Å². The lowest BCUT2D eigenvalue weighted by molar-refractivity contribution is -0.124. The van der Waals surface area contributed by atoms with Crippen molar-refractivity contribution in [3.8, 4) is 0 Å². The molecule has 2 aromatic rings. The van der Waals surface area contributed by atoms with Gasteiger partial charge in [-0.25, -0.2) is 5.43 Å². The second-order valence-electron chi connectivity index (χ2n) is 4.99. The molecule has 8 heteroatoms. The van der Waals surface area contributed by atoms with E-state index in [4.69, 9.17) is 23.2 Å². The van der Waals surface area contributed by atoms with Gasteiger partial charge in [0.2, 0.25) is 11.8 Å². The minimum Gasteiger partial charge on any atom is -0.326 e. The first-order valence-electron chi connectivity index (χ1n) is 7.27. The quantitative estimate of drug-likeness (QED) is 0.505. The topological polar surface area (TPSA) is 70.6 Å². The Morgan fingerprint density at radius 2 is 1.68 bits per heavy atom. The van der Waals surface area contributed by atoms with Crippen LogP contribution in [0.15, 0.2) is 52.0 Å². The van der Waals surface area contributed by atoms with Gasteiger partial charge in [0, 0.05) is 28.6 Å². The molecule has 2 aromatic carbocycles. The molecule has 0 aliphatic rings. The molecule has 0 saturated heterocycles. The highest BCUT2D eigenvalue weighted by atomic mass is 79.9. The van der Waals surface area contributed by atoms with Gasteiger partial charge in [-0.2, -0.15) is 5.10 Å². The van der Waals surface area contributed by atoms with Crippen molar-refractivity contribution in [1.29, 1.82) is 0 Å². The van der Waals surface area contributed by atoms with Crippen LogP contribution in [0.5, 0.6) is 0 Å². The van der Waals surface area contributed by atoms with Crippen LogP contribution in [-0.2, 0) is 9.59 Å². The lowest BCUT2D eigenvalue weighted by atomic mass is 10.2. The minimum absolute atomic E-state index is 0.00737. The van der Waals surface area contributed by atoms with Crippen molar-refractivity contribution in [3.63, 3.8) is 0 Å². The maximum atomic E-state index is 11.8. The lowest BCUT2D eigenvalue weighted by Gasteiger charge is -2.05. The van der Waals surface area contributed by atoms with Gasteiger partial charge < -0.3 is 5.32 Å². The Morgan fingerprint density at radius 1 is 1.04 bits per heavy atom. The zero-order valence-electron chi connectivity index (χ0n) is 12.9. The Balaban J connectivity index is 1.78. The third-order valence-corrected chi connectivity index (χ3v) is 4.22. The second kappa shape index (κ2) is 9.56. The Hall–Kier alpha value is -1.89. The summed E-state index contributed by atoms with van der Waals surface area (Å²) in [5, 5.41) is 7.38. The van der Waals surface area contributed by atoms with E-state index in [0.717, 1.165) is 4.47 Å². The summed E-state index contributed by atoms with van der Waals surface area (Å²) >= 11 is 15.3. The molecule has 0 aliphatic heterocycles. The third-order valence-electron chi connectivity index (χ3n) is 3.07. The molecule has 0 unspecified atom stereocenters. The van der Waals surface area contributed by atoms with E-state index in [1.807, 2.05) is 6.07 Å². The van der Waals surface area contributed by atoms with Crippen molar-refractivity contribution in [2.45, 2.75) is 12.8 Å². The average Bonchev–Trinajstić information content (AvgIpc) is 2.56. The SMILES string of the molecule is O=C(CCC(=O)Nc1cccc(Br)c1)N/N=C/c1c(Cl)cccc1Cl. The molecule has 0 heterocycles. The highest BCUT2D eigenvalue weighted by molar-refractivity contribution is 9.10. The molecular weight excluding hydrogens is 429 g/mol. The van der Waals surface area contributed by atoms with Crippen molar-refractivity contribution in [2.75, 3.05) is 5.32 Å². The number of hydrogen-bond acceptors (Lipinski definition) is 3. The van der Waals surface area contributed by atoms with Crippen LogP contribution in [0, 0.1) is 0 Å². The third kappa shape index (κ3) is 6.49. The first kappa shape index (κ1) is 19.4. The molecule has 0 atom stereocenters. The second-order valence-corrected chi connectivity index (χ2v) is 6.72. The molecule has 130 valence electrons. The number of carbonyl (C=O) groups is 2. The summed E-state index contributed by atoms with van der Waals surface area (Å²) in [7, 11) is 0. The first-order chi connectivity index (χ1) is 12.0. The summed E-state index contributed by atoms with van der Waals surface area (Å²) in [4.78, 5) is 23.6. The fourth-order valence-corrected chi connectivity index (χ4v) is 2.77. The number of nitrogens with one attached hydrogen (secondary N) is 2. The first-order valence-corrected chi connectivity index (χ1v) is 8.82. The van der Waals surface area contributed by atoms with Gasteiger partial charge in [-0.15, -0.1) is 0 Å². The molecule has 5 nitrogen and oxygen atoms in total. The van der Waals surface area contributed by atoms with E-state index in [0.29, 0.717) is 21.3 Å². The molecule has 2 rings (SSSR count). The van der Waals surface area contributed by atoms with Gasteiger partial charge in [-0.1, -0.05) is 51.3 Å². The molecule has 0 fully saturated rings. The smallest absolute Gasteiger partial charge is 0.240 e. The highest BCUT2D eigenvalue weighted by Gasteiger charge is 2.07. The average molecular weight is 443 g/mol. The molecule has 0 radical (unpaired) electrons. The number of anilines is 1. The summed E-state index contributed by atoms with van der Waals surface area (Å²) in [5.41, 5.74) is 3.51. The summed E-state index contributed by atoms with van der Waals surface area (Å²) in [6.45, 7) is 0. The number of halogens is 3. The van der Waals surface area contributed by atoms with Crippen LogP contribution in [0.25, 0.3) is 0 Å². The number of hydrazone groups is 1. The van der Waals surface area contributed by atoms with E-state index in [1.54, 1.807) is 36.4 Å². The Kier molecular flexibility index (Phi) is 7.43. The number of nitrogens with zero attached hydrogens (tertiary/aromatic N) is 1. The summed E-state index contributed by atoms with van der Waals surface area (Å²) in [5.74, 6) is -0.643. The van der Waals surface area contributed by atoms with Gasteiger partial charge in [-0.3, -0.25) is 9.59 Å². The van der Waals surface area contributed by atoms with Crippen molar-refractivity contribution in [3.05, 3.63) is 62.5 Å².